The molecule has 1 heterocycles. The smallest absolute Gasteiger partial charge is 0.247 e. The van der Waals surface area contributed by atoms with Gasteiger partial charge in [-0.25, -0.2) is 0 Å². The summed E-state index contributed by atoms with van der Waals surface area (Å²) in [6, 6.07) is 5.59. The van der Waals surface area contributed by atoms with E-state index in [2.05, 4.69) is 11.4 Å². The predicted octanol–water partition coefficient (Wildman–Crippen LogP) is 1.86. The molecule has 18 heavy (non-hydrogen) atoms. The summed E-state index contributed by atoms with van der Waals surface area (Å²) in [5.74, 6) is -0.0658. The van der Waals surface area contributed by atoms with Crippen molar-refractivity contribution >= 4 is 17.5 Å². The van der Waals surface area contributed by atoms with Crippen molar-refractivity contribution in [3.05, 3.63) is 29.3 Å². The number of carbonyl (C=O) groups is 2. The van der Waals surface area contributed by atoms with Gasteiger partial charge in [-0.05, 0) is 43.5 Å². The first-order valence-electron chi connectivity index (χ1n) is 6.12. The molecule has 4 nitrogen and oxygen atoms in total. The van der Waals surface area contributed by atoms with Crippen molar-refractivity contribution in [2.24, 2.45) is 0 Å². The minimum Gasteiger partial charge on any atom is -0.334 e. The van der Waals surface area contributed by atoms with Crippen LogP contribution in [0.1, 0.15) is 24.0 Å². The van der Waals surface area contributed by atoms with Crippen LogP contribution in [0.15, 0.2) is 18.2 Å². The Morgan fingerprint density at radius 3 is 2.39 bits per heavy atom. The first-order chi connectivity index (χ1) is 8.47. The third-order valence-electron chi connectivity index (χ3n) is 3.28. The van der Waals surface area contributed by atoms with Crippen LogP contribution in [0, 0.1) is 13.8 Å². The molecule has 0 saturated carbocycles. The van der Waals surface area contributed by atoms with E-state index < -0.39 is 0 Å². The van der Waals surface area contributed by atoms with Gasteiger partial charge in [0, 0.05) is 19.2 Å². The first-order valence-corrected chi connectivity index (χ1v) is 6.12. The van der Waals surface area contributed by atoms with E-state index in [0.29, 0.717) is 12.8 Å². The van der Waals surface area contributed by atoms with Gasteiger partial charge in [0.05, 0.1) is 0 Å². The Balaban J connectivity index is 2.09. The molecule has 1 fully saturated rings. The number of rotatable bonds is 2. The van der Waals surface area contributed by atoms with Gasteiger partial charge in [0.15, 0.2) is 0 Å². The number of nitrogens with one attached hydrogen (secondary N) is 1. The van der Waals surface area contributed by atoms with Crippen LogP contribution in [0.5, 0.6) is 0 Å². The summed E-state index contributed by atoms with van der Waals surface area (Å²) in [5.41, 5.74) is 3.02. The van der Waals surface area contributed by atoms with E-state index in [1.807, 2.05) is 26.0 Å². The summed E-state index contributed by atoms with van der Waals surface area (Å²) >= 11 is 0. The molecule has 0 bridgehead atoms. The molecule has 1 saturated heterocycles. The molecule has 96 valence electrons. The monoisotopic (exact) mass is 246 g/mol. The van der Waals surface area contributed by atoms with Crippen molar-refractivity contribution in [1.29, 1.82) is 0 Å². The fraction of sp³-hybridized carbons (Fsp3) is 0.429. The first kappa shape index (κ1) is 12.6. The van der Waals surface area contributed by atoms with Gasteiger partial charge in [-0.15, -0.1) is 0 Å². The number of anilines is 1. The number of nitrogens with zero attached hydrogens (tertiary/aromatic N) is 1. The van der Waals surface area contributed by atoms with Crippen LogP contribution >= 0.6 is 0 Å². The maximum atomic E-state index is 12.1. The van der Waals surface area contributed by atoms with Crippen LogP contribution in [-0.2, 0) is 9.59 Å². The Bertz CT molecular complexity index is 476. The quantitative estimate of drug-likeness (QED) is 0.866. The van der Waals surface area contributed by atoms with E-state index >= 15 is 0 Å². The van der Waals surface area contributed by atoms with Gasteiger partial charge in [0.1, 0.15) is 6.04 Å². The minimum absolute atomic E-state index is 0.0376. The van der Waals surface area contributed by atoms with Crippen molar-refractivity contribution < 1.29 is 9.59 Å². The molecule has 1 unspecified atom stereocenters. The fourth-order valence-electron chi connectivity index (χ4n) is 2.38. The fourth-order valence-corrected chi connectivity index (χ4v) is 2.38. The van der Waals surface area contributed by atoms with E-state index in [4.69, 9.17) is 0 Å². The molecule has 1 atom stereocenters. The highest BCUT2D eigenvalue weighted by atomic mass is 16.2. The maximum Gasteiger partial charge on any atom is 0.247 e. The molecule has 1 aromatic carbocycles. The molecule has 0 aromatic heterocycles. The van der Waals surface area contributed by atoms with Crippen LogP contribution in [0.4, 0.5) is 5.69 Å². The van der Waals surface area contributed by atoms with Gasteiger partial charge in [-0.3, -0.25) is 9.59 Å². The highest BCUT2D eigenvalue weighted by Crippen LogP contribution is 2.19. The summed E-state index contributed by atoms with van der Waals surface area (Å²) in [7, 11) is 1.68. The number of hydrogen-bond acceptors (Lipinski definition) is 2. The van der Waals surface area contributed by atoms with Crippen LogP contribution in [0.3, 0.4) is 0 Å². The number of amides is 2. The molecular weight excluding hydrogens is 228 g/mol. The molecular formula is C14H18N2O2. The Labute approximate surface area is 107 Å². The Kier molecular flexibility index (Phi) is 3.36. The van der Waals surface area contributed by atoms with Crippen molar-refractivity contribution in [2.75, 3.05) is 12.4 Å². The van der Waals surface area contributed by atoms with Crippen molar-refractivity contribution in [3.63, 3.8) is 0 Å². The van der Waals surface area contributed by atoms with Crippen LogP contribution in [0.25, 0.3) is 0 Å². The lowest BCUT2D eigenvalue weighted by molar-refractivity contribution is -0.131. The second-order valence-corrected chi connectivity index (χ2v) is 4.92. The number of carbonyl (C=O) groups excluding carboxylic acids is 2. The molecule has 2 amide bonds. The molecule has 0 radical (unpaired) electrons. The van der Waals surface area contributed by atoms with Gasteiger partial charge < -0.3 is 10.2 Å². The third-order valence-corrected chi connectivity index (χ3v) is 3.28. The lowest BCUT2D eigenvalue weighted by atomic mass is 10.1. The van der Waals surface area contributed by atoms with Crippen LogP contribution in [0.2, 0.25) is 0 Å². The van der Waals surface area contributed by atoms with Gasteiger partial charge >= 0.3 is 0 Å². The number of aryl methyl sites for hydroxylation is 2. The number of likely N-dealkylation sites (tertiary alicyclic amines) is 1. The van der Waals surface area contributed by atoms with E-state index in [-0.39, 0.29) is 17.9 Å². The Morgan fingerprint density at radius 1 is 1.28 bits per heavy atom. The maximum absolute atomic E-state index is 12.1. The van der Waals surface area contributed by atoms with E-state index in [1.165, 1.54) is 4.90 Å². The largest absolute Gasteiger partial charge is 0.334 e. The van der Waals surface area contributed by atoms with Gasteiger partial charge in [0.2, 0.25) is 11.8 Å². The number of likely N-dealkylation sites (N-methyl/N-ethyl adjacent to an activating group) is 1. The summed E-state index contributed by atoms with van der Waals surface area (Å²) in [6.45, 7) is 3.99. The van der Waals surface area contributed by atoms with Crippen molar-refractivity contribution in [2.45, 2.75) is 32.7 Å². The average molecular weight is 246 g/mol. The number of hydrogen-bond donors (Lipinski definition) is 1. The SMILES string of the molecule is Cc1cc(C)cc(NC(=O)C2CCC(=O)N2C)c1. The lowest BCUT2D eigenvalue weighted by Crippen LogP contribution is -2.38. The molecule has 2 rings (SSSR count). The second-order valence-electron chi connectivity index (χ2n) is 4.92. The van der Waals surface area contributed by atoms with Crippen LogP contribution in [-0.4, -0.2) is 29.8 Å². The van der Waals surface area contributed by atoms with Crippen molar-refractivity contribution in [1.82, 2.24) is 4.90 Å². The topological polar surface area (TPSA) is 49.4 Å². The Morgan fingerprint density at radius 2 is 1.89 bits per heavy atom. The van der Waals surface area contributed by atoms with E-state index in [0.717, 1.165) is 16.8 Å². The predicted molar refractivity (Wildman–Crippen MR) is 70.3 cm³/mol. The van der Waals surface area contributed by atoms with Gasteiger partial charge in [-0.1, -0.05) is 6.07 Å². The van der Waals surface area contributed by atoms with Gasteiger partial charge in [0.25, 0.3) is 0 Å². The summed E-state index contributed by atoms with van der Waals surface area (Å²) < 4.78 is 0. The summed E-state index contributed by atoms with van der Waals surface area (Å²) in [6.07, 6.45) is 1.06. The molecule has 1 N–H and O–H groups in total. The van der Waals surface area contributed by atoms with Crippen molar-refractivity contribution in [3.8, 4) is 0 Å². The number of benzene rings is 1. The zero-order valence-corrected chi connectivity index (χ0v) is 11.0. The van der Waals surface area contributed by atoms with E-state index in [1.54, 1.807) is 7.05 Å². The molecule has 1 aliphatic rings. The average Bonchev–Trinajstić information content (AvgIpc) is 2.58. The van der Waals surface area contributed by atoms with Gasteiger partial charge in [-0.2, -0.15) is 0 Å². The normalized spacial score (nSPS) is 19.2. The zero-order valence-electron chi connectivity index (χ0n) is 11.0. The van der Waals surface area contributed by atoms with Crippen LogP contribution < -0.4 is 5.32 Å². The second kappa shape index (κ2) is 4.80. The molecule has 0 spiro atoms. The standard InChI is InChI=1S/C14H18N2O2/c1-9-6-10(2)8-11(7-9)15-14(18)12-4-5-13(17)16(12)3/h6-8,12H,4-5H2,1-3H3,(H,15,18). The summed E-state index contributed by atoms with van der Waals surface area (Å²) in [5, 5.41) is 2.88. The van der Waals surface area contributed by atoms with E-state index in [9.17, 15) is 9.59 Å². The zero-order chi connectivity index (χ0) is 13.3. The summed E-state index contributed by atoms with van der Waals surface area (Å²) in [4.78, 5) is 25.0. The minimum atomic E-state index is -0.335. The highest BCUT2D eigenvalue weighted by molar-refractivity contribution is 5.99. The third kappa shape index (κ3) is 2.53. The molecule has 0 aliphatic carbocycles. The highest BCUT2D eigenvalue weighted by Gasteiger charge is 2.33. The molecule has 4 heteroatoms. The molecule has 1 aliphatic heterocycles. The molecule has 1 aromatic rings. The Hall–Kier alpha value is -1.84. The lowest BCUT2D eigenvalue weighted by Gasteiger charge is -2.19.